The van der Waals surface area contributed by atoms with Gasteiger partial charge in [0.15, 0.2) is 0 Å². The van der Waals surface area contributed by atoms with Gasteiger partial charge >= 0.3 is 0 Å². The largest absolute Gasteiger partial charge is 0.495 e. The molecule has 1 aliphatic rings. The Morgan fingerprint density at radius 3 is 2.81 bits per heavy atom. The van der Waals surface area contributed by atoms with Crippen LogP contribution in [0.5, 0.6) is 11.6 Å². The molecule has 0 spiro atoms. The molecule has 0 bridgehead atoms. The summed E-state index contributed by atoms with van der Waals surface area (Å²) in [6.45, 7) is 2.39. The lowest BCUT2D eigenvalue weighted by Gasteiger charge is -2.32. The third-order valence-electron chi connectivity index (χ3n) is 4.33. The van der Waals surface area contributed by atoms with E-state index in [9.17, 15) is 8.42 Å². The number of sulfonamides is 1. The number of ether oxygens (including phenoxy) is 2. The fourth-order valence-corrected chi connectivity index (χ4v) is 4.74. The van der Waals surface area contributed by atoms with Crippen molar-refractivity contribution in [2.75, 3.05) is 20.2 Å². The first-order valence-corrected chi connectivity index (χ1v) is 9.92. The summed E-state index contributed by atoms with van der Waals surface area (Å²) in [5.74, 6) is 0.432. The van der Waals surface area contributed by atoms with Gasteiger partial charge in [-0.15, -0.1) is 0 Å². The van der Waals surface area contributed by atoms with Gasteiger partial charge in [-0.3, -0.25) is 0 Å². The fraction of sp³-hybridized carbons (Fsp3) is 0.389. The fourth-order valence-electron chi connectivity index (χ4n) is 2.99. The molecule has 142 valence electrons. The van der Waals surface area contributed by atoms with Gasteiger partial charge in [0.2, 0.25) is 15.7 Å². The zero-order valence-corrected chi connectivity index (χ0v) is 15.9. The number of hydrogen-bond acceptors (Lipinski definition) is 7. The van der Waals surface area contributed by atoms with E-state index in [1.54, 1.807) is 18.2 Å². The van der Waals surface area contributed by atoms with Crippen molar-refractivity contribution in [2.24, 2.45) is 0 Å². The molecule has 3 rings (SSSR count). The second-order valence-corrected chi connectivity index (χ2v) is 8.13. The van der Waals surface area contributed by atoms with Crippen LogP contribution in [-0.2, 0) is 10.0 Å². The third kappa shape index (κ3) is 4.02. The molecule has 1 aromatic heterocycles. The van der Waals surface area contributed by atoms with Crippen molar-refractivity contribution in [1.29, 1.82) is 5.26 Å². The van der Waals surface area contributed by atoms with E-state index in [1.807, 2.05) is 13.0 Å². The lowest BCUT2D eigenvalue weighted by atomic mass is 10.1. The minimum Gasteiger partial charge on any atom is -0.495 e. The number of aromatic nitrogens is 2. The Labute approximate surface area is 158 Å². The molecule has 2 aromatic rings. The van der Waals surface area contributed by atoms with Gasteiger partial charge in [-0.05, 0) is 37.5 Å². The van der Waals surface area contributed by atoms with Gasteiger partial charge in [-0.1, -0.05) is 6.07 Å². The molecule has 1 atom stereocenters. The summed E-state index contributed by atoms with van der Waals surface area (Å²) in [6, 6.07) is 6.99. The number of methoxy groups -OCH3 is 1. The molecule has 0 N–H and O–H groups in total. The van der Waals surface area contributed by atoms with Crippen molar-refractivity contribution in [1.82, 2.24) is 14.3 Å². The van der Waals surface area contributed by atoms with Crippen molar-refractivity contribution in [3.8, 4) is 17.7 Å². The molecule has 8 nitrogen and oxygen atoms in total. The van der Waals surface area contributed by atoms with Crippen LogP contribution in [-0.4, -0.2) is 49.0 Å². The van der Waals surface area contributed by atoms with Crippen LogP contribution in [0, 0.1) is 18.3 Å². The maximum atomic E-state index is 13.2. The maximum absolute atomic E-state index is 13.2. The van der Waals surface area contributed by atoms with E-state index in [-0.39, 0.29) is 23.0 Å². The Morgan fingerprint density at radius 1 is 1.30 bits per heavy atom. The lowest BCUT2D eigenvalue weighted by molar-refractivity contribution is 0.123. The van der Waals surface area contributed by atoms with Gasteiger partial charge in [0.05, 0.1) is 13.7 Å². The predicted octanol–water partition coefficient (Wildman–Crippen LogP) is 1.90. The van der Waals surface area contributed by atoms with Gasteiger partial charge < -0.3 is 9.47 Å². The van der Waals surface area contributed by atoms with Crippen LogP contribution >= 0.6 is 0 Å². The average Bonchev–Trinajstić information content (AvgIpc) is 2.68. The van der Waals surface area contributed by atoms with Gasteiger partial charge in [0.1, 0.15) is 22.8 Å². The van der Waals surface area contributed by atoms with Crippen molar-refractivity contribution in [3.05, 3.63) is 41.9 Å². The smallest absolute Gasteiger partial charge is 0.251 e. The second kappa shape index (κ2) is 7.90. The summed E-state index contributed by atoms with van der Waals surface area (Å²) in [4.78, 5) is 8.09. The Bertz CT molecular complexity index is 972. The number of hydrogen-bond donors (Lipinski definition) is 0. The molecular weight excluding hydrogens is 368 g/mol. The van der Waals surface area contributed by atoms with Gasteiger partial charge in [-0.25, -0.2) is 18.4 Å². The molecule has 1 fully saturated rings. The molecule has 27 heavy (non-hydrogen) atoms. The molecular formula is C18H20N4O4S. The van der Waals surface area contributed by atoms with E-state index in [0.717, 1.165) is 5.56 Å². The molecule has 0 radical (unpaired) electrons. The lowest BCUT2D eigenvalue weighted by Crippen LogP contribution is -2.44. The predicted molar refractivity (Wildman–Crippen MR) is 96.9 cm³/mol. The molecule has 0 unspecified atom stereocenters. The normalized spacial score (nSPS) is 17.9. The van der Waals surface area contributed by atoms with Gasteiger partial charge in [0.25, 0.3) is 5.88 Å². The van der Waals surface area contributed by atoms with E-state index < -0.39 is 16.1 Å². The highest BCUT2D eigenvalue weighted by Crippen LogP contribution is 2.30. The van der Waals surface area contributed by atoms with Crippen LogP contribution in [0.25, 0.3) is 0 Å². The second-order valence-electron chi connectivity index (χ2n) is 6.22. The number of rotatable bonds is 5. The molecule has 1 saturated heterocycles. The number of piperidine rings is 1. The Hall–Kier alpha value is -2.70. The molecule has 0 aliphatic carbocycles. The van der Waals surface area contributed by atoms with Gasteiger partial charge in [0, 0.05) is 18.9 Å². The summed E-state index contributed by atoms with van der Waals surface area (Å²) in [5.41, 5.74) is 0.912. The Kier molecular flexibility index (Phi) is 5.58. The van der Waals surface area contributed by atoms with Crippen LogP contribution in [0.3, 0.4) is 0 Å². The minimum absolute atomic E-state index is 0.0813. The molecule has 1 aromatic carbocycles. The Balaban J connectivity index is 1.84. The summed E-state index contributed by atoms with van der Waals surface area (Å²) < 4.78 is 38.7. The highest BCUT2D eigenvalue weighted by Gasteiger charge is 2.33. The first-order chi connectivity index (χ1) is 13.0. The molecule has 9 heteroatoms. The molecule has 0 amide bonds. The average molecular weight is 388 g/mol. The van der Waals surface area contributed by atoms with E-state index in [4.69, 9.17) is 14.7 Å². The molecule has 0 saturated carbocycles. The van der Waals surface area contributed by atoms with Crippen LogP contribution < -0.4 is 9.47 Å². The van der Waals surface area contributed by atoms with Gasteiger partial charge in [-0.2, -0.15) is 9.57 Å². The topological polar surface area (TPSA) is 105 Å². The standard InChI is InChI=1S/C18H20N4O4S/c1-13-5-6-16(25-2)17(10-13)27(23,24)22-9-3-4-14(12-22)26-18-15(11-19)20-7-8-21-18/h5-8,10,14H,3-4,9,12H2,1-2H3/t14-/m0/s1. The SMILES string of the molecule is COc1ccc(C)cc1S(=O)(=O)N1CCC[C@H](Oc2nccnc2C#N)C1. The maximum Gasteiger partial charge on any atom is 0.251 e. The van der Waals surface area contributed by atoms with Crippen molar-refractivity contribution >= 4 is 10.0 Å². The van der Waals surface area contributed by atoms with Crippen molar-refractivity contribution in [3.63, 3.8) is 0 Å². The zero-order chi connectivity index (χ0) is 19.4. The highest BCUT2D eigenvalue weighted by molar-refractivity contribution is 7.89. The Morgan fingerprint density at radius 2 is 2.07 bits per heavy atom. The van der Waals surface area contributed by atoms with Crippen molar-refractivity contribution in [2.45, 2.75) is 30.8 Å². The minimum atomic E-state index is -3.74. The summed E-state index contributed by atoms with van der Waals surface area (Å²) in [7, 11) is -2.29. The quantitative estimate of drug-likeness (QED) is 0.770. The van der Waals surface area contributed by atoms with Crippen LogP contribution in [0.1, 0.15) is 24.1 Å². The number of aryl methyl sites for hydroxylation is 1. The number of nitriles is 1. The molecule has 2 heterocycles. The first kappa shape index (κ1) is 19.1. The van der Waals surface area contributed by atoms with E-state index in [2.05, 4.69) is 9.97 Å². The summed E-state index contributed by atoms with van der Waals surface area (Å²) in [5, 5.41) is 9.11. The van der Waals surface area contributed by atoms with Crippen LogP contribution in [0.4, 0.5) is 0 Å². The first-order valence-electron chi connectivity index (χ1n) is 8.48. The van der Waals surface area contributed by atoms with E-state index >= 15 is 0 Å². The zero-order valence-electron chi connectivity index (χ0n) is 15.1. The highest BCUT2D eigenvalue weighted by atomic mass is 32.2. The number of benzene rings is 1. The van der Waals surface area contributed by atoms with Crippen molar-refractivity contribution < 1.29 is 17.9 Å². The third-order valence-corrected chi connectivity index (χ3v) is 6.21. The summed E-state index contributed by atoms with van der Waals surface area (Å²) in [6.07, 6.45) is 3.74. The van der Waals surface area contributed by atoms with E-state index in [1.165, 1.54) is 23.8 Å². The van der Waals surface area contributed by atoms with Crippen LogP contribution in [0.15, 0.2) is 35.5 Å². The monoisotopic (exact) mass is 388 g/mol. The number of nitrogens with zero attached hydrogens (tertiary/aromatic N) is 4. The van der Waals surface area contributed by atoms with Crippen LogP contribution in [0.2, 0.25) is 0 Å². The van der Waals surface area contributed by atoms with E-state index in [0.29, 0.717) is 25.1 Å². The summed E-state index contributed by atoms with van der Waals surface area (Å²) >= 11 is 0. The molecule has 1 aliphatic heterocycles.